The third kappa shape index (κ3) is 13.9. The van der Waals surface area contributed by atoms with Crippen molar-refractivity contribution in [2.75, 3.05) is 0 Å². The van der Waals surface area contributed by atoms with Crippen LogP contribution in [0.3, 0.4) is 0 Å². The van der Waals surface area contributed by atoms with Crippen molar-refractivity contribution in [1.29, 1.82) is 0 Å². The zero-order valence-electron chi connectivity index (χ0n) is 23.0. The molecule has 2 aromatic rings. The van der Waals surface area contributed by atoms with E-state index in [0.717, 1.165) is 25.7 Å². The van der Waals surface area contributed by atoms with Crippen LogP contribution in [0.15, 0.2) is 54.1 Å². The highest BCUT2D eigenvalue weighted by Crippen LogP contribution is 2.27. The number of hydrogen-bond acceptors (Lipinski definition) is 0. The second-order valence-electron chi connectivity index (χ2n) is 6.90. The zero-order valence-corrected chi connectivity index (χ0v) is 23.0. The topological polar surface area (TPSA) is 0 Å². The van der Waals surface area contributed by atoms with Crippen LogP contribution in [0.25, 0.3) is 5.57 Å². The van der Waals surface area contributed by atoms with Crippen molar-refractivity contribution < 1.29 is 0 Å². The van der Waals surface area contributed by atoms with Gasteiger partial charge in [0.15, 0.2) is 0 Å². The van der Waals surface area contributed by atoms with Gasteiger partial charge in [-0.05, 0) is 66.9 Å². The molecule has 2 aromatic carbocycles. The van der Waals surface area contributed by atoms with Crippen LogP contribution in [0, 0.1) is 12.8 Å². The van der Waals surface area contributed by atoms with Crippen LogP contribution in [0.2, 0.25) is 0 Å². The summed E-state index contributed by atoms with van der Waals surface area (Å²) >= 11 is 0. The summed E-state index contributed by atoms with van der Waals surface area (Å²) in [4.78, 5) is 0. The molecule has 0 aliphatic carbocycles. The molecule has 0 aliphatic rings. The van der Waals surface area contributed by atoms with E-state index < -0.39 is 0 Å². The average Bonchev–Trinajstić information content (AvgIpc) is 2.89. The molecule has 0 N–H and O–H groups in total. The summed E-state index contributed by atoms with van der Waals surface area (Å²) in [5.74, 6) is 0. The summed E-state index contributed by atoms with van der Waals surface area (Å²) < 4.78 is 0. The van der Waals surface area contributed by atoms with Gasteiger partial charge in [-0.2, -0.15) is 0 Å². The molecule has 0 saturated heterocycles. The van der Waals surface area contributed by atoms with Crippen LogP contribution < -0.4 is 0 Å². The molecule has 0 spiro atoms. The number of aryl methyl sites for hydroxylation is 3. The van der Waals surface area contributed by atoms with Crippen LogP contribution in [0.4, 0.5) is 0 Å². The minimum absolute atomic E-state index is 1.12. The molecule has 0 heteroatoms. The lowest BCUT2D eigenvalue weighted by Gasteiger charge is -2.13. The van der Waals surface area contributed by atoms with Gasteiger partial charge in [0.2, 0.25) is 0 Å². The molecule has 0 aromatic heterocycles. The van der Waals surface area contributed by atoms with Gasteiger partial charge in [-0.3, -0.25) is 0 Å². The molecule has 0 bridgehead atoms. The quantitative estimate of drug-likeness (QED) is 0.379. The van der Waals surface area contributed by atoms with Crippen molar-refractivity contribution in [3.05, 3.63) is 76.4 Å². The molecule has 32 heavy (non-hydrogen) atoms. The fourth-order valence-corrected chi connectivity index (χ4v) is 3.29. The van der Waals surface area contributed by atoms with Crippen molar-refractivity contribution in [3.8, 4) is 12.8 Å². The van der Waals surface area contributed by atoms with Gasteiger partial charge < -0.3 is 0 Å². The maximum atomic E-state index is 4.00. The van der Waals surface area contributed by atoms with E-state index in [9.17, 15) is 0 Å². The minimum Gasteiger partial charge on any atom is -0.124 e. The highest BCUT2D eigenvalue weighted by molar-refractivity contribution is 5.70. The van der Waals surface area contributed by atoms with Gasteiger partial charge in [0, 0.05) is 0 Å². The Hall–Kier alpha value is -2.26. The van der Waals surface area contributed by atoms with Gasteiger partial charge in [0.05, 0.1) is 0 Å². The third-order valence-electron chi connectivity index (χ3n) is 5.09. The Kier molecular flexibility index (Phi) is 26.8. The molecular formula is C32H52. The molecular weight excluding hydrogens is 384 g/mol. The van der Waals surface area contributed by atoms with E-state index in [0.29, 0.717) is 0 Å². The van der Waals surface area contributed by atoms with E-state index in [2.05, 4.69) is 103 Å². The fourth-order valence-electron chi connectivity index (χ4n) is 3.29. The highest BCUT2D eigenvalue weighted by Gasteiger charge is 2.06. The van der Waals surface area contributed by atoms with Crippen molar-refractivity contribution in [2.24, 2.45) is 0 Å². The predicted molar refractivity (Wildman–Crippen MR) is 151 cm³/mol. The van der Waals surface area contributed by atoms with Gasteiger partial charge in [-0.1, -0.05) is 123 Å². The predicted octanol–water partition coefficient (Wildman–Crippen LogP) is 10.3. The number of allylic oxidation sites excluding steroid dienone is 2. The van der Waals surface area contributed by atoms with E-state index in [4.69, 9.17) is 0 Å². The van der Waals surface area contributed by atoms with Crippen molar-refractivity contribution in [1.82, 2.24) is 0 Å². The average molecular weight is 437 g/mol. The molecule has 2 rings (SSSR count). The second-order valence-corrected chi connectivity index (χ2v) is 6.90. The third-order valence-corrected chi connectivity index (χ3v) is 5.09. The maximum absolute atomic E-state index is 4.00. The number of benzene rings is 2. The zero-order chi connectivity index (χ0) is 25.4. The lowest BCUT2D eigenvalue weighted by atomic mass is 9.92. The normalized spacial score (nSPS) is 9.75. The molecule has 0 saturated carbocycles. The monoisotopic (exact) mass is 436 g/mol. The Balaban J connectivity index is -0.000000437. The molecule has 0 nitrogen and oxygen atoms in total. The summed E-state index contributed by atoms with van der Waals surface area (Å²) in [5.41, 5.74) is 8.90. The minimum atomic E-state index is 1.12. The van der Waals surface area contributed by atoms with Gasteiger partial charge in [0.1, 0.15) is 0 Å². The van der Waals surface area contributed by atoms with Crippen molar-refractivity contribution in [3.63, 3.8) is 0 Å². The maximum Gasteiger partial charge on any atom is -0.0193 e. The fraction of sp³-hybridized carbons (Fsp3) is 0.500. The molecule has 0 unspecified atom stereocenters. The van der Waals surface area contributed by atoms with E-state index in [1.807, 2.05) is 27.7 Å². The molecule has 0 aliphatic heterocycles. The Morgan fingerprint density at radius 3 is 1.56 bits per heavy atom. The first kappa shape index (κ1) is 34.4. The summed E-state index contributed by atoms with van der Waals surface area (Å²) in [6.07, 6.45) is 15.0. The summed E-state index contributed by atoms with van der Waals surface area (Å²) in [5, 5.41) is 0. The van der Waals surface area contributed by atoms with Crippen LogP contribution in [-0.4, -0.2) is 0 Å². The van der Waals surface area contributed by atoms with E-state index in [-0.39, 0.29) is 0 Å². The molecule has 180 valence electrons. The van der Waals surface area contributed by atoms with Crippen molar-refractivity contribution >= 4 is 5.57 Å². The van der Waals surface area contributed by atoms with Crippen LogP contribution in [-0.2, 0) is 19.3 Å². The number of rotatable bonds is 7. The molecule has 0 amide bonds. The highest BCUT2D eigenvalue weighted by atomic mass is 14.1. The van der Waals surface area contributed by atoms with Gasteiger partial charge in [-0.25, -0.2) is 0 Å². The standard InChI is InChI=1S/C15H22.C11H16.2C2H6.C2H2/c1-5-12(4)14(7-3)15-11-9-8-10-13(15)6-2;1-3-5-11-8-6-10(4-2)7-9-11;3*1-2/h8-11H,5-7H2,1-4H3;6-9H,3-5H2,1-2H3;2*1-2H3;1-2H/b14-12+;;;;. The summed E-state index contributed by atoms with van der Waals surface area (Å²) in [7, 11) is 0. The number of terminal acetylenes is 1. The van der Waals surface area contributed by atoms with E-state index >= 15 is 0 Å². The van der Waals surface area contributed by atoms with Gasteiger partial charge in [-0.15, -0.1) is 12.8 Å². The number of hydrogen-bond donors (Lipinski definition) is 0. The first-order valence-corrected chi connectivity index (χ1v) is 12.8. The van der Waals surface area contributed by atoms with Crippen molar-refractivity contribution in [2.45, 2.75) is 108 Å². The van der Waals surface area contributed by atoms with E-state index in [1.165, 1.54) is 46.2 Å². The summed E-state index contributed by atoms with van der Waals surface area (Å²) in [6, 6.07) is 17.7. The van der Waals surface area contributed by atoms with E-state index in [1.54, 1.807) is 0 Å². The Morgan fingerprint density at radius 1 is 0.656 bits per heavy atom. The smallest absolute Gasteiger partial charge is 0.0193 e. The molecule has 0 radical (unpaired) electrons. The molecule has 0 heterocycles. The van der Waals surface area contributed by atoms with Gasteiger partial charge in [0.25, 0.3) is 0 Å². The molecule has 0 fully saturated rings. The Bertz CT molecular complexity index is 698. The Morgan fingerprint density at radius 2 is 1.16 bits per heavy atom. The lowest BCUT2D eigenvalue weighted by Crippen LogP contribution is -1.93. The lowest BCUT2D eigenvalue weighted by molar-refractivity contribution is 0.920. The van der Waals surface area contributed by atoms with Crippen LogP contribution in [0.5, 0.6) is 0 Å². The first-order chi connectivity index (χ1) is 15.6. The van der Waals surface area contributed by atoms with Gasteiger partial charge >= 0.3 is 0 Å². The Labute approximate surface area is 202 Å². The first-order valence-electron chi connectivity index (χ1n) is 12.8. The largest absolute Gasteiger partial charge is 0.124 e. The SMILES string of the molecule is C#C.CC.CC.CC/C(C)=C(\CC)c1ccccc1CC.CCCc1ccc(CC)cc1. The molecule has 0 atom stereocenters. The van der Waals surface area contributed by atoms with Crippen LogP contribution in [0.1, 0.15) is 111 Å². The van der Waals surface area contributed by atoms with Crippen LogP contribution >= 0.6 is 0 Å². The second kappa shape index (κ2) is 25.0. The summed E-state index contributed by atoms with van der Waals surface area (Å²) in [6.45, 7) is 21.4.